The molecule has 1 atom stereocenters. The summed E-state index contributed by atoms with van der Waals surface area (Å²) in [5.41, 5.74) is 2.83. The Balaban J connectivity index is 1.74. The molecule has 0 radical (unpaired) electrons. The Hall–Kier alpha value is -3.08. The average Bonchev–Trinajstić information content (AvgIpc) is 3.16. The lowest BCUT2D eigenvalue weighted by molar-refractivity contribution is 0.0929. The largest absolute Gasteiger partial charge is 0.354 e. The topological polar surface area (TPSA) is 55.1 Å². The summed E-state index contributed by atoms with van der Waals surface area (Å²) >= 11 is 12.9. The van der Waals surface area contributed by atoms with Crippen molar-refractivity contribution in [1.82, 2.24) is 5.16 Å². The van der Waals surface area contributed by atoms with Gasteiger partial charge >= 0.3 is 0 Å². The standard InChI is InChI=1S/C25H20Cl2N2O2/c1-16(23(30)17-9-4-2-5-10-17)15-19-24(22-20(26)13-8-14-21(22)27)31-29-25(19)28-18-11-6-3-7-12-18/h2-14,16H,15H2,1H3,(H,28,29). The maximum Gasteiger partial charge on any atom is 0.177 e. The lowest BCUT2D eigenvalue weighted by Crippen LogP contribution is -2.14. The lowest BCUT2D eigenvalue weighted by Gasteiger charge is -2.13. The number of rotatable bonds is 7. The second-order valence-electron chi connectivity index (χ2n) is 7.26. The van der Waals surface area contributed by atoms with E-state index in [4.69, 9.17) is 27.7 Å². The summed E-state index contributed by atoms with van der Waals surface area (Å²) < 4.78 is 5.71. The van der Waals surface area contributed by atoms with Gasteiger partial charge < -0.3 is 9.84 Å². The molecule has 0 fully saturated rings. The highest BCUT2D eigenvalue weighted by Crippen LogP contribution is 2.40. The van der Waals surface area contributed by atoms with Crippen LogP contribution in [0.15, 0.2) is 83.4 Å². The normalized spacial score (nSPS) is 11.8. The Morgan fingerprint density at radius 3 is 2.19 bits per heavy atom. The number of ketones is 1. The van der Waals surface area contributed by atoms with Crippen LogP contribution in [0.5, 0.6) is 0 Å². The Morgan fingerprint density at radius 2 is 1.55 bits per heavy atom. The monoisotopic (exact) mass is 450 g/mol. The molecule has 4 aromatic rings. The molecule has 0 amide bonds. The smallest absolute Gasteiger partial charge is 0.177 e. The molecule has 0 saturated heterocycles. The van der Waals surface area contributed by atoms with Crippen LogP contribution in [0.2, 0.25) is 10.0 Å². The minimum Gasteiger partial charge on any atom is -0.354 e. The first-order chi connectivity index (χ1) is 15.0. The van der Waals surface area contributed by atoms with Crippen LogP contribution < -0.4 is 5.32 Å². The molecular formula is C25H20Cl2N2O2. The van der Waals surface area contributed by atoms with Crippen molar-refractivity contribution in [2.24, 2.45) is 5.92 Å². The van der Waals surface area contributed by atoms with Gasteiger partial charge in [0.1, 0.15) is 0 Å². The van der Waals surface area contributed by atoms with Crippen LogP contribution in [-0.4, -0.2) is 10.9 Å². The van der Waals surface area contributed by atoms with Gasteiger partial charge in [0, 0.05) is 22.7 Å². The van der Waals surface area contributed by atoms with Crippen molar-refractivity contribution < 1.29 is 9.32 Å². The van der Waals surface area contributed by atoms with E-state index in [0.717, 1.165) is 11.3 Å². The number of halogens is 2. The van der Waals surface area contributed by atoms with Gasteiger partial charge in [-0.05, 0) is 30.7 Å². The van der Waals surface area contributed by atoms with Crippen LogP contribution in [0, 0.1) is 5.92 Å². The summed E-state index contributed by atoms with van der Waals surface area (Å²) in [6.07, 6.45) is 0.406. The Labute approximate surface area is 190 Å². The zero-order valence-electron chi connectivity index (χ0n) is 16.8. The van der Waals surface area contributed by atoms with Crippen LogP contribution in [-0.2, 0) is 6.42 Å². The van der Waals surface area contributed by atoms with Crippen LogP contribution in [0.4, 0.5) is 11.5 Å². The Morgan fingerprint density at radius 1 is 0.935 bits per heavy atom. The molecule has 1 N–H and O–H groups in total. The number of aromatic nitrogens is 1. The van der Waals surface area contributed by atoms with E-state index < -0.39 is 0 Å². The van der Waals surface area contributed by atoms with E-state index in [2.05, 4.69) is 10.5 Å². The number of benzene rings is 3. The number of para-hydroxylation sites is 1. The highest BCUT2D eigenvalue weighted by Gasteiger charge is 2.26. The summed E-state index contributed by atoms with van der Waals surface area (Å²) in [5, 5.41) is 8.44. The molecular weight excluding hydrogens is 431 g/mol. The SMILES string of the molecule is CC(Cc1c(Nc2ccccc2)noc1-c1c(Cl)cccc1Cl)C(=O)c1ccccc1. The molecule has 1 heterocycles. The number of anilines is 2. The molecule has 0 aliphatic rings. The first-order valence-electron chi connectivity index (χ1n) is 9.89. The van der Waals surface area contributed by atoms with Crippen molar-refractivity contribution >= 4 is 40.5 Å². The van der Waals surface area contributed by atoms with Crippen LogP contribution >= 0.6 is 23.2 Å². The average molecular weight is 451 g/mol. The lowest BCUT2D eigenvalue weighted by atomic mass is 9.91. The van der Waals surface area contributed by atoms with Gasteiger partial charge in [0.25, 0.3) is 0 Å². The Kier molecular flexibility index (Phi) is 6.40. The summed E-state index contributed by atoms with van der Waals surface area (Å²) in [4.78, 5) is 13.0. The van der Waals surface area contributed by atoms with Crippen molar-refractivity contribution in [1.29, 1.82) is 0 Å². The van der Waals surface area contributed by atoms with Gasteiger partial charge in [-0.1, -0.05) is 89.9 Å². The quantitative estimate of drug-likeness (QED) is 0.297. The third kappa shape index (κ3) is 4.66. The summed E-state index contributed by atoms with van der Waals surface area (Å²) in [6.45, 7) is 1.90. The molecule has 4 nitrogen and oxygen atoms in total. The number of carbonyl (C=O) groups excluding carboxylic acids is 1. The predicted molar refractivity (Wildman–Crippen MR) is 125 cm³/mol. The van der Waals surface area contributed by atoms with Crippen LogP contribution in [0.1, 0.15) is 22.8 Å². The molecule has 0 spiro atoms. The molecule has 0 bridgehead atoms. The van der Waals surface area contributed by atoms with E-state index >= 15 is 0 Å². The van der Waals surface area contributed by atoms with Gasteiger partial charge in [-0.3, -0.25) is 4.79 Å². The predicted octanol–water partition coefficient (Wildman–Crippen LogP) is 7.45. The van der Waals surface area contributed by atoms with Gasteiger partial charge in [0.15, 0.2) is 17.4 Å². The number of Topliss-reactive ketones (excluding diaryl/α,β-unsaturated/α-hetero) is 1. The summed E-state index contributed by atoms with van der Waals surface area (Å²) in [7, 11) is 0. The van der Waals surface area contributed by atoms with Crippen molar-refractivity contribution in [3.05, 3.63) is 100 Å². The van der Waals surface area contributed by atoms with Gasteiger partial charge in [0.2, 0.25) is 0 Å². The van der Waals surface area contributed by atoms with Crippen molar-refractivity contribution in [3.8, 4) is 11.3 Å². The minimum absolute atomic E-state index is 0.0451. The minimum atomic E-state index is -0.307. The number of nitrogens with zero attached hydrogens (tertiary/aromatic N) is 1. The molecule has 1 unspecified atom stereocenters. The summed E-state index contributed by atoms with van der Waals surface area (Å²) in [5.74, 6) is 0.730. The van der Waals surface area contributed by atoms with Gasteiger partial charge in [-0.2, -0.15) is 0 Å². The molecule has 0 saturated carbocycles. The zero-order chi connectivity index (χ0) is 21.8. The first-order valence-corrected chi connectivity index (χ1v) is 10.6. The molecule has 156 valence electrons. The van der Waals surface area contributed by atoms with Crippen LogP contribution in [0.3, 0.4) is 0 Å². The van der Waals surface area contributed by atoms with Crippen molar-refractivity contribution in [2.75, 3.05) is 5.32 Å². The van der Waals surface area contributed by atoms with E-state index in [-0.39, 0.29) is 11.7 Å². The van der Waals surface area contributed by atoms with E-state index in [9.17, 15) is 4.79 Å². The van der Waals surface area contributed by atoms with E-state index in [0.29, 0.717) is 39.2 Å². The third-order valence-corrected chi connectivity index (χ3v) is 5.66. The van der Waals surface area contributed by atoms with E-state index in [1.807, 2.05) is 67.6 Å². The third-order valence-electron chi connectivity index (χ3n) is 5.03. The maximum absolute atomic E-state index is 13.0. The van der Waals surface area contributed by atoms with Gasteiger partial charge in [-0.15, -0.1) is 0 Å². The molecule has 1 aromatic heterocycles. The molecule has 6 heteroatoms. The molecule has 31 heavy (non-hydrogen) atoms. The van der Waals surface area contributed by atoms with E-state index in [1.54, 1.807) is 18.2 Å². The highest BCUT2D eigenvalue weighted by atomic mass is 35.5. The second-order valence-corrected chi connectivity index (χ2v) is 8.08. The number of hydrogen-bond donors (Lipinski definition) is 1. The molecule has 0 aliphatic heterocycles. The zero-order valence-corrected chi connectivity index (χ0v) is 18.3. The second kappa shape index (κ2) is 9.38. The Bertz CT molecular complexity index is 1170. The number of carbonyl (C=O) groups is 1. The fourth-order valence-corrected chi connectivity index (χ4v) is 4.02. The molecule has 3 aromatic carbocycles. The highest BCUT2D eigenvalue weighted by molar-refractivity contribution is 6.39. The maximum atomic E-state index is 13.0. The molecule has 4 rings (SSSR count). The summed E-state index contributed by atoms with van der Waals surface area (Å²) in [6, 6.07) is 24.2. The fourth-order valence-electron chi connectivity index (χ4n) is 3.45. The number of nitrogens with one attached hydrogen (secondary N) is 1. The van der Waals surface area contributed by atoms with Gasteiger partial charge in [-0.25, -0.2) is 0 Å². The van der Waals surface area contributed by atoms with Crippen LogP contribution in [0.25, 0.3) is 11.3 Å². The fraction of sp³-hybridized carbons (Fsp3) is 0.120. The van der Waals surface area contributed by atoms with Gasteiger partial charge in [0.05, 0.1) is 15.6 Å². The first kappa shape index (κ1) is 21.2. The molecule has 0 aliphatic carbocycles. The van der Waals surface area contributed by atoms with Crippen molar-refractivity contribution in [3.63, 3.8) is 0 Å². The van der Waals surface area contributed by atoms with Crippen molar-refractivity contribution in [2.45, 2.75) is 13.3 Å². The van der Waals surface area contributed by atoms with E-state index in [1.165, 1.54) is 0 Å². The number of hydrogen-bond acceptors (Lipinski definition) is 4.